The number of ether oxygens (including phenoxy) is 1. The van der Waals surface area contributed by atoms with Gasteiger partial charge in [0.15, 0.2) is 0 Å². The van der Waals surface area contributed by atoms with E-state index in [9.17, 15) is 9.59 Å². The fraction of sp³-hybridized carbons (Fsp3) is 0.200. The molecule has 74 valence electrons. The van der Waals surface area contributed by atoms with Gasteiger partial charge in [-0.05, 0) is 5.56 Å². The molecule has 1 aromatic carbocycles. The lowest BCUT2D eigenvalue weighted by molar-refractivity contribution is -0.135. The second-order valence-electron chi connectivity index (χ2n) is 2.65. The zero-order valence-corrected chi connectivity index (χ0v) is 9.21. The quantitative estimate of drug-likeness (QED) is 0.359. The fourth-order valence-electron chi connectivity index (χ4n) is 0.956. The number of Topliss-reactive ketones (excluding diaryl/α,β-unsaturated/α-hetero) is 1. The standard InChI is InChI=1S/C10H9BrO3/c1-14-10(13)9(12)8-4-2-7(6-11)3-5-8/h2-5H,6H2,1H3. The molecular formula is C10H9BrO3. The van der Waals surface area contributed by atoms with Gasteiger partial charge in [0.25, 0.3) is 5.78 Å². The maximum atomic E-state index is 11.3. The molecule has 4 heteroatoms. The number of alkyl halides is 1. The smallest absolute Gasteiger partial charge is 0.379 e. The van der Waals surface area contributed by atoms with Crippen molar-refractivity contribution in [2.45, 2.75) is 5.33 Å². The SMILES string of the molecule is COC(=O)C(=O)c1ccc(CBr)cc1. The number of carbonyl (C=O) groups excluding carboxylic acids is 2. The van der Waals surface area contributed by atoms with Crippen molar-refractivity contribution in [3.63, 3.8) is 0 Å². The van der Waals surface area contributed by atoms with Gasteiger partial charge in [-0.15, -0.1) is 0 Å². The monoisotopic (exact) mass is 256 g/mol. The Morgan fingerprint density at radius 2 is 1.86 bits per heavy atom. The lowest BCUT2D eigenvalue weighted by Crippen LogP contribution is -2.15. The number of hydrogen-bond acceptors (Lipinski definition) is 3. The van der Waals surface area contributed by atoms with Crippen molar-refractivity contribution in [1.29, 1.82) is 0 Å². The first kappa shape index (κ1) is 10.9. The first-order valence-corrected chi connectivity index (χ1v) is 5.08. The Hall–Kier alpha value is -1.16. The van der Waals surface area contributed by atoms with Crippen molar-refractivity contribution in [1.82, 2.24) is 0 Å². The molecule has 0 radical (unpaired) electrons. The molecule has 0 aliphatic rings. The van der Waals surface area contributed by atoms with Crippen LogP contribution in [0.15, 0.2) is 24.3 Å². The molecule has 0 bridgehead atoms. The van der Waals surface area contributed by atoms with Crippen LogP contribution in [0, 0.1) is 0 Å². The van der Waals surface area contributed by atoms with Crippen LogP contribution in [0.3, 0.4) is 0 Å². The van der Waals surface area contributed by atoms with Crippen LogP contribution in [0.25, 0.3) is 0 Å². The summed E-state index contributed by atoms with van der Waals surface area (Å²) in [5, 5.41) is 0.722. The Morgan fingerprint density at radius 1 is 1.29 bits per heavy atom. The zero-order chi connectivity index (χ0) is 10.6. The van der Waals surface area contributed by atoms with E-state index in [1.807, 2.05) is 0 Å². The molecule has 14 heavy (non-hydrogen) atoms. The number of carbonyl (C=O) groups is 2. The number of esters is 1. The Kier molecular flexibility index (Phi) is 3.83. The number of halogens is 1. The third-order valence-electron chi connectivity index (χ3n) is 1.74. The van der Waals surface area contributed by atoms with Crippen LogP contribution >= 0.6 is 15.9 Å². The second kappa shape index (κ2) is 4.91. The highest BCUT2D eigenvalue weighted by Crippen LogP contribution is 2.08. The molecule has 0 N–H and O–H groups in total. The summed E-state index contributed by atoms with van der Waals surface area (Å²) in [4.78, 5) is 22.2. The number of methoxy groups -OCH3 is 1. The van der Waals surface area contributed by atoms with Gasteiger partial charge in [0.1, 0.15) is 0 Å². The minimum Gasteiger partial charge on any atom is -0.463 e. The molecule has 0 amide bonds. The van der Waals surface area contributed by atoms with Gasteiger partial charge in [0, 0.05) is 10.9 Å². The van der Waals surface area contributed by atoms with E-state index in [1.54, 1.807) is 24.3 Å². The van der Waals surface area contributed by atoms with Gasteiger partial charge in [0.05, 0.1) is 7.11 Å². The number of hydrogen-bond donors (Lipinski definition) is 0. The van der Waals surface area contributed by atoms with Crippen molar-refractivity contribution in [3.8, 4) is 0 Å². The predicted octanol–water partition coefficient (Wildman–Crippen LogP) is 1.94. The molecule has 1 rings (SSSR count). The summed E-state index contributed by atoms with van der Waals surface area (Å²) in [6, 6.07) is 6.78. The van der Waals surface area contributed by atoms with E-state index >= 15 is 0 Å². The van der Waals surface area contributed by atoms with Gasteiger partial charge in [-0.1, -0.05) is 40.2 Å². The number of benzene rings is 1. The summed E-state index contributed by atoms with van der Waals surface area (Å²) in [5.41, 5.74) is 1.40. The highest BCUT2D eigenvalue weighted by Gasteiger charge is 2.15. The maximum absolute atomic E-state index is 11.3. The van der Waals surface area contributed by atoms with Gasteiger partial charge >= 0.3 is 5.97 Å². The van der Waals surface area contributed by atoms with Crippen LogP contribution in [0.5, 0.6) is 0 Å². The van der Waals surface area contributed by atoms with Crippen LogP contribution in [-0.2, 0) is 14.9 Å². The molecule has 1 aromatic rings. The van der Waals surface area contributed by atoms with Crippen molar-refractivity contribution >= 4 is 27.7 Å². The lowest BCUT2D eigenvalue weighted by atomic mass is 10.1. The zero-order valence-electron chi connectivity index (χ0n) is 7.62. The normalized spacial score (nSPS) is 9.57. The fourth-order valence-corrected chi connectivity index (χ4v) is 1.33. The largest absolute Gasteiger partial charge is 0.463 e. The average molecular weight is 257 g/mol. The summed E-state index contributed by atoms with van der Waals surface area (Å²) in [6.07, 6.45) is 0. The Balaban J connectivity index is 2.87. The van der Waals surface area contributed by atoms with Crippen LogP contribution in [0.4, 0.5) is 0 Å². The summed E-state index contributed by atoms with van der Waals surface area (Å²) in [5.74, 6) is -1.45. The minimum absolute atomic E-state index is 0.349. The number of ketones is 1. The topological polar surface area (TPSA) is 43.4 Å². The summed E-state index contributed by atoms with van der Waals surface area (Å²) >= 11 is 3.29. The molecule has 0 heterocycles. The van der Waals surface area contributed by atoms with Crippen LogP contribution in [0.1, 0.15) is 15.9 Å². The van der Waals surface area contributed by atoms with Crippen molar-refractivity contribution < 1.29 is 14.3 Å². The molecule has 0 aliphatic heterocycles. The highest BCUT2D eigenvalue weighted by atomic mass is 79.9. The molecular weight excluding hydrogens is 248 g/mol. The van der Waals surface area contributed by atoms with Gasteiger partial charge in [-0.2, -0.15) is 0 Å². The molecule has 0 atom stereocenters. The molecule has 0 spiro atoms. The van der Waals surface area contributed by atoms with E-state index in [4.69, 9.17) is 0 Å². The molecule has 0 aliphatic carbocycles. The molecule has 0 saturated carbocycles. The second-order valence-corrected chi connectivity index (χ2v) is 3.21. The first-order chi connectivity index (χ1) is 6.69. The number of rotatable bonds is 3. The molecule has 0 unspecified atom stereocenters. The maximum Gasteiger partial charge on any atom is 0.379 e. The van der Waals surface area contributed by atoms with E-state index in [-0.39, 0.29) is 0 Å². The van der Waals surface area contributed by atoms with Crippen molar-refractivity contribution in [2.75, 3.05) is 7.11 Å². The minimum atomic E-state index is -0.836. The van der Waals surface area contributed by atoms with E-state index < -0.39 is 11.8 Å². The van der Waals surface area contributed by atoms with Crippen molar-refractivity contribution in [2.24, 2.45) is 0 Å². The van der Waals surface area contributed by atoms with Crippen LogP contribution in [-0.4, -0.2) is 18.9 Å². The molecule has 3 nitrogen and oxygen atoms in total. The summed E-state index contributed by atoms with van der Waals surface area (Å²) < 4.78 is 4.33. The third-order valence-corrected chi connectivity index (χ3v) is 2.39. The predicted molar refractivity (Wildman–Crippen MR) is 55.4 cm³/mol. The highest BCUT2D eigenvalue weighted by molar-refractivity contribution is 9.08. The van der Waals surface area contributed by atoms with Gasteiger partial charge < -0.3 is 4.74 Å². The van der Waals surface area contributed by atoms with E-state index in [1.165, 1.54) is 7.11 Å². The summed E-state index contributed by atoms with van der Waals surface area (Å²) in [6.45, 7) is 0. The van der Waals surface area contributed by atoms with Gasteiger partial charge in [-0.25, -0.2) is 4.79 Å². The van der Waals surface area contributed by atoms with E-state index in [0.29, 0.717) is 5.56 Å². The molecule has 0 fully saturated rings. The Morgan fingerprint density at radius 3 is 2.29 bits per heavy atom. The van der Waals surface area contributed by atoms with E-state index in [2.05, 4.69) is 20.7 Å². The van der Waals surface area contributed by atoms with Gasteiger partial charge in [-0.3, -0.25) is 4.79 Å². The molecule has 0 saturated heterocycles. The van der Waals surface area contributed by atoms with Gasteiger partial charge in [0.2, 0.25) is 0 Å². The summed E-state index contributed by atoms with van der Waals surface area (Å²) in [7, 11) is 1.19. The van der Waals surface area contributed by atoms with Crippen LogP contribution < -0.4 is 0 Å². The Bertz CT molecular complexity index is 343. The van der Waals surface area contributed by atoms with E-state index in [0.717, 1.165) is 10.9 Å². The van der Waals surface area contributed by atoms with Crippen LogP contribution in [0.2, 0.25) is 0 Å². The molecule has 0 aromatic heterocycles. The average Bonchev–Trinajstić information content (AvgIpc) is 2.27. The first-order valence-electron chi connectivity index (χ1n) is 3.96. The lowest BCUT2D eigenvalue weighted by Gasteiger charge is -1.99. The third kappa shape index (κ3) is 2.42. The Labute approximate surface area is 90.2 Å². The van der Waals surface area contributed by atoms with Crippen molar-refractivity contribution in [3.05, 3.63) is 35.4 Å².